The SMILES string of the molecule is CCC(C)NC(=O)c1ccccc1NC(=O)CN(c1ccc(F)c(Cl)c1)S(C)(=O)=O. The molecule has 0 fully saturated rings. The number of nitrogens with one attached hydrogen (secondary N) is 2. The molecule has 2 N–H and O–H groups in total. The summed E-state index contributed by atoms with van der Waals surface area (Å²) in [6.45, 7) is 3.21. The molecule has 2 aromatic carbocycles. The highest BCUT2D eigenvalue weighted by Crippen LogP contribution is 2.24. The fourth-order valence-electron chi connectivity index (χ4n) is 2.55. The third-order valence-corrected chi connectivity index (χ3v) is 5.74. The zero-order valence-electron chi connectivity index (χ0n) is 16.8. The maximum absolute atomic E-state index is 13.4. The topological polar surface area (TPSA) is 95.6 Å². The highest BCUT2D eigenvalue weighted by molar-refractivity contribution is 7.92. The van der Waals surface area contributed by atoms with Crippen LogP contribution in [0.25, 0.3) is 0 Å². The van der Waals surface area contributed by atoms with E-state index in [2.05, 4.69) is 10.6 Å². The van der Waals surface area contributed by atoms with Crippen molar-refractivity contribution in [3.63, 3.8) is 0 Å². The Morgan fingerprint density at radius 3 is 2.47 bits per heavy atom. The molecule has 2 rings (SSSR count). The maximum Gasteiger partial charge on any atom is 0.253 e. The van der Waals surface area contributed by atoms with Crippen molar-refractivity contribution in [2.45, 2.75) is 26.3 Å². The van der Waals surface area contributed by atoms with Gasteiger partial charge in [0.2, 0.25) is 15.9 Å². The molecule has 0 radical (unpaired) electrons. The van der Waals surface area contributed by atoms with E-state index < -0.39 is 28.3 Å². The molecule has 0 aromatic heterocycles. The van der Waals surface area contributed by atoms with Gasteiger partial charge in [0, 0.05) is 6.04 Å². The fourth-order valence-corrected chi connectivity index (χ4v) is 3.58. The smallest absolute Gasteiger partial charge is 0.253 e. The predicted molar refractivity (Wildman–Crippen MR) is 116 cm³/mol. The number of hydrogen-bond donors (Lipinski definition) is 2. The Labute approximate surface area is 180 Å². The van der Waals surface area contributed by atoms with Crippen LogP contribution in [0.3, 0.4) is 0 Å². The van der Waals surface area contributed by atoms with Crippen LogP contribution in [0.1, 0.15) is 30.6 Å². The molecule has 0 aliphatic carbocycles. The quantitative estimate of drug-likeness (QED) is 0.637. The maximum atomic E-state index is 13.4. The molecule has 1 unspecified atom stereocenters. The van der Waals surface area contributed by atoms with Gasteiger partial charge in [0.1, 0.15) is 12.4 Å². The second-order valence-electron chi connectivity index (χ2n) is 6.74. The largest absolute Gasteiger partial charge is 0.350 e. The second-order valence-corrected chi connectivity index (χ2v) is 9.06. The molecule has 30 heavy (non-hydrogen) atoms. The van der Waals surface area contributed by atoms with Crippen LogP contribution in [-0.2, 0) is 14.8 Å². The number of anilines is 2. The zero-order chi connectivity index (χ0) is 22.5. The Hall–Kier alpha value is -2.65. The summed E-state index contributed by atoms with van der Waals surface area (Å²) in [4.78, 5) is 25.1. The van der Waals surface area contributed by atoms with Crippen molar-refractivity contribution >= 4 is 44.8 Å². The summed E-state index contributed by atoms with van der Waals surface area (Å²) < 4.78 is 38.6. The van der Waals surface area contributed by atoms with E-state index in [0.29, 0.717) is 0 Å². The van der Waals surface area contributed by atoms with Gasteiger partial charge in [-0.2, -0.15) is 0 Å². The lowest BCUT2D eigenvalue weighted by molar-refractivity contribution is -0.114. The molecule has 0 bridgehead atoms. The number of halogens is 2. The number of carbonyl (C=O) groups excluding carboxylic acids is 2. The van der Waals surface area contributed by atoms with Crippen molar-refractivity contribution in [3.8, 4) is 0 Å². The number of carbonyl (C=O) groups is 2. The molecule has 0 spiro atoms. The van der Waals surface area contributed by atoms with Crippen LogP contribution in [0.5, 0.6) is 0 Å². The van der Waals surface area contributed by atoms with Crippen molar-refractivity contribution in [1.82, 2.24) is 5.32 Å². The summed E-state index contributed by atoms with van der Waals surface area (Å²) in [7, 11) is -3.87. The van der Waals surface area contributed by atoms with Gasteiger partial charge in [0.05, 0.1) is 28.2 Å². The Morgan fingerprint density at radius 2 is 1.87 bits per heavy atom. The van der Waals surface area contributed by atoms with E-state index in [9.17, 15) is 22.4 Å². The Morgan fingerprint density at radius 1 is 1.20 bits per heavy atom. The van der Waals surface area contributed by atoms with Crippen LogP contribution in [-0.4, -0.2) is 39.1 Å². The minimum Gasteiger partial charge on any atom is -0.350 e. The van der Waals surface area contributed by atoms with Gasteiger partial charge in [0.15, 0.2) is 0 Å². The van der Waals surface area contributed by atoms with Crippen LogP contribution in [0.2, 0.25) is 5.02 Å². The lowest BCUT2D eigenvalue weighted by Gasteiger charge is -2.22. The number of amides is 2. The molecule has 0 aliphatic rings. The van der Waals surface area contributed by atoms with Crippen LogP contribution < -0.4 is 14.9 Å². The first-order valence-electron chi connectivity index (χ1n) is 9.15. The number of para-hydroxylation sites is 1. The third-order valence-electron chi connectivity index (χ3n) is 4.31. The van der Waals surface area contributed by atoms with Crippen LogP contribution in [0, 0.1) is 5.82 Å². The minimum absolute atomic E-state index is 0.0434. The standard InChI is InChI=1S/C20H23ClFN3O4S/c1-4-13(2)23-20(27)15-7-5-6-8-18(15)24-19(26)12-25(30(3,28)29)14-9-10-17(22)16(21)11-14/h5-11,13H,4,12H2,1-3H3,(H,23,27)(H,24,26). The number of rotatable bonds is 8. The molecule has 2 amide bonds. The Bertz CT molecular complexity index is 1050. The molecule has 7 nitrogen and oxygen atoms in total. The monoisotopic (exact) mass is 455 g/mol. The van der Waals surface area contributed by atoms with Crippen molar-refractivity contribution in [2.24, 2.45) is 0 Å². The van der Waals surface area contributed by atoms with E-state index in [1.807, 2.05) is 13.8 Å². The van der Waals surface area contributed by atoms with Gasteiger partial charge in [-0.05, 0) is 43.7 Å². The molecule has 1 atom stereocenters. The summed E-state index contributed by atoms with van der Waals surface area (Å²) in [5.74, 6) is -1.74. The molecule has 162 valence electrons. The normalized spacial score (nSPS) is 12.2. The van der Waals surface area contributed by atoms with Gasteiger partial charge in [-0.25, -0.2) is 12.8 Å². The van der Waals surface area contributed by atoms with Crippen molar-refractivity contribution < 1.29 is 22.4 Å². The summed E-state index contributed by atoms with van der Waals surface area (Å²) in [5.41, 5.74) is 0.539. The van der Waals surface area contributed by atoms with E-state index >= 15 is 0 Å². The first kappa shape index (κ1) is 23.6. The fraction of sp³-hybridized carbons (Fsp3) is 0.300. The van der Waals surface area contributed by atoms with Gasteiger partial charge in [-0.1, -0.05) is 30.7 Å². The Kier molecular flexibility index (Phi) is 7.80. The molecule has 0 saturated heterocycles. The number of hydrogen-bond acceptors (Lipinski definition) is 4. The molecule has 10 heteroatoms. The zero-order valence-corrected chi connectivity index (χ0v) is 18.3. The van der Waals surface area contributed by atoms with Crippen LogP contribution in [0.4, 0.5) is 15.8 Å². The van der Waals surface area contributed by atoms with Crippen LogP contribution in [0.15, 0.2) is 42.5 Å². The number of benzene rings is 2. The van der Waals surface area contributed by atoms with Gasteiger partial charge >= 0.3 is 0 Å². The van der Waals surface area contributed by atoms with Gasteiger partial charge in [-0.15, -0.1) is 0 Å². The third kappa shape index (κ3) is 6.17. The van der Waals surface area contributed by atoms with E-state index in [1.165, 1.54) is 6.07 Å². The summed E-state index contributed by atoms with van der Waals surface area (Å²) in [5, 5.41) is 5.11. The van der Waals surface area contributed by atoms with Crippen molar-refractivity contribution in [3.05, 3.63) is 58.9 Å². The molecular formula is C20H23ClFN3O4S. The summed E-state index contributed by atoms with van der Waals surface area (Å²) >= 11 is 5.74. The number of sulfonamides is 1. The predicted octanol–water partition coefficient (Wildman–Crippen LogP) is 3.41. The first-order chi connectivity index (χ1) is 14.0. The van der Waals surface area contributed by atoms with Crippen molar-refractivity contribution in [2.75, 3.05) is 22.4 Å². The summed E-state index contributed by atoms with van der Waals surface area (Å²) in [6.07, 6.45) is 1.66. The van der Waals surface area contributed by atoms with Gasteiger partial charge < -0.3 is 10.6 Å². The molecular weight excluding hydrogens is 433 g/mol. The molecule has 0 aliphatic heterocycles. The average Bonchev–Trinajstić information content (AvgIpc) is 2.67. The number of nitrogens with zero attached hydrogens (tertiary/aromatic N) is 1. The van der Waals surface area contributed by atoms with E-state index in [1.54, 1.807) is 24.3 Å². The molecule has 0 heterocycles. The lowest BCUT2D eigenvalue weighted by Crippen LogP contribution is -2.38. The second kappa shape index (κ2) is 9.90. The van der Waals surface area contributed by atoms with Gasteiger partial charge in [0.25, 0.3) is 5.91 Å². The van der Waals surface area contributed by atoms with Crippen LogP contribution >= 0.6 is 11.6 Å². The van der Waals surface area contributed by atoms with E-state index in [0.717, 1.165) is 29.1 Å². The van der Waals surface area contributed by atoms with Crippen molar-refractivity contribution in [1.29, 1.82) is 0 Å². The highest BCUT2D eigenvalue weighted by Gasteiger charge is 2.23. The van der Waals surface area contributed by atoms with E-state index in [4.69, 9.17) is 11.6 Å². The molecule has 0 saturated carbocycles. The minimum atomic E-state index is -3.87. The highest BCUT2D eigenvalue weighted by atomic mass is 35.5. The first-order valence-corrected chi connectivity index (χ1v) is 11.4. The lowest BCUT2D eigenvalue weighted by atomic mass is 10.1. The average molecular weight is 456 g/mol. The van der Waals surface area contributed by atoms with E-state index in [-0.39, 0.29) is 33.9 Å². The Balaban J connectivity index is 2.24. The summed E-state index contributed by atoms with van der Waals surface area (Å²) in [6, 6.07) is 9.70. The molecule has 2 aromatic rings. The van der Waals surface area contributed by atoms with Gasteiger partial charge in [-0.3, -0.25) is 13.9 Å².